The van der Waals surface area contributed by atoms with Gasteiger partial charge in [0.2, 0.25) is 0 Å². The molecule has 440 valence electrons. The molecule has 4 heterocycles. The monoisotopic (exact) mass is 1220 g/mol. The predicted octanol–water partition coefficient (Wildman–Crippen LogP) is 8.32. The van der Waals surface area contributed by atoms with Crippen LogP contribution >= 0.6 is 23.5 Å². The first-order valence-corrected chi connectivity index (χ1v) is 31.0. The van der Waals surface area contributed by atoms with E-state index in [-0.39, 0.29) is 22.2 Å². The second-order valence-corrected chi connectivity index (χ2v) is 24.0. The molecule has 0 saturated carbocycles. The number of nitrogens with zero attached hydrogens (tertiary/aromatic N) is 3. The molecule has 0 saturated heterocycles. The van der Waals surface area contributed by atoms with E-state index in [0.29, 0.717) is 70.9 Å². The van der Waals surface area contributed by atoms with Gasteiger partial charge in [0.15, 0.2) is 5.78 Å². The summed E-state index contributed by atoms with van der Waals surface area (Å²) in [5.74, 6) is -4.93. The van der Waals surface area contributed by atoms with Crippen LogP contribution in [0.5, 0.6) is 0 Å². The van der Waals surface area contributed by atoms with Crippen molar-refractivity contribution in [1.29, 1.82) is 0 Å². The second-order valence-electron chi connectivity index (χ2n) is 20.0. The van der Waals surface area contributed by atoms with Gasteiger partial charge in [-0.1, -0.05) is 109 Å². The number of rotatable bonds is 24. The molecule has 4 aromatic heterocycles. The Labute approximate surface area is 483 Å². The van der Waals surface area contributed by atoms with E-state index in [0.717, 1.165) is 6.92 Å². The molecule has 0 spiro atoms. The third-order valence-electron chi connectivity index (χ3n) is 14.3. The van der Waals surface area contributed by atoms with Gasteiger partial charge in [0.1, 0.15) is 0 Å². The Bertz CT molecular complexity index is 4280. The number of amides is 3. The van der Waals surface area contributed by atoms with Crippen molar-refractivity contribution in [3.05, 3.63) is 162 Å². The number of aliphatic hydroxyl groups is 1. The minimum atomic E-state index is -5.47. The fraction of sp³-hybridized carbons (Fsp3) is 0.224. The maximum absolute atomic E-state index is 14.9. The fourth-order valence-corrected chi connectivity index (χ4v) is 12.6. The summed E-state index contributed by atoms with van der Waals surface area (Å²) >= 11 is 0. The minimum absolute atomic E-state index is 0.0446. The van der Waals surface area contributed by atoms with Gasteiger partial charge in [0.25, 0.3) is 17.7 Å². The van der Waals surface area contributed by atoms with Crippen molar-refractivity contribution in [2.45, 2.75) is 51.2 Å². The Kier molecular flexibility index (Phi) is 17.8. The molecule has 10 rings (SSSR count). The number of para-hydroxylation sites is 6. The van der Waals surface area contributed by atoms with Gasteiger partial charge in [-0.3, -0.25) is 41.8 Å². The lowest BCUT2D eigenvalue weighted by molar-refractivity contribution is -0.126. The van der Waals surface area contributed by atoms with Crippen LogP contribution in [0.4, 0.5) is 0 Å². The normalized spacial score (nSPS) is 15.7. The highest BCUT2D eigenvalue weighted by Crippen LogP contribution is 2.49. The molecule has 0 radical (unpaired) electrons. The Balaban J connectivity index is 0.890. The van der Waals surface area contributed by atoms with Crippen LogP contribution in [-0.2, 0) is 41.1 Å². The molecule has 8 unspecified atom stereocenters. The van der Waals surface area contributed by atoms with Gasteiger partial charge in [-0.15, -0.1) is 0 Å². The number of H-pyrrole nitrogens is 1. The van der Waals surface area contributed by atoms with Crippen LogP contribution in [0.3, 0.4) is 0 Å². The molecule has 27 heteroatoms. The predicted molar refractivity (Wildman–Crippen MR) is 315 cm³/mol. The highest BCUT2D eigenvalue weighted by molar-refractivity contribution is 7.47. The zero-order chi connectivity index (χ0) is 60.4. The molecule has 6 aromatic carbocycles. The van der Waals surface area contributed by atoms with Crippen LogP contribution in [0.2, 0.25) is 0 Å². The van der Waals surface area contributed by atoms with E-state index in [1.807, 2.05) is 0 Å². The number of nitrogens with one attached hydrogen (secondary N) is 4. The summed E-state index contributed by atoms with van der Waals surface area (Å²) in [6, 6.07) is 38.4. The summed E-state index contributed by atoms with van der Waals surface area (Å²) in [5, 5.41) is 21.4. The molecule has 3 amide bonds. The number of aromatic amines is 1. The topological polar surface area (TPSA) is 357 Å². The van der Waals surface area contributed by atoms with Crippen molar-refractivity contribution in [2.75, 3.05) is 26.4 Å². The third kappa shape index (κ3) is 13.5. The van der Waals surface area contributed by atoms with Crippen LogP contribution in [-0.4, -0.2) is 125 Å². The number of hydrogen-bond acceptors (Lipinski definition) is 16. The molecule has 9 N–H and O–H groups in total. The number of aliphatic hydroxyl groups excluding tert-OH is 1. The summed E-state index contributed by atoms with van der Waals surface area (Å²) in [6.45, 7) is -0.0572. The first-order chi connectivity index (χ1) is 40.6. The van der Waals surface area contributed by atoms with Crippen molar-refractivity contribution in [1.82, 2.24) is 35.9 Å². The lowest BCUT2D eigenvalue weighted by atomic mass is 9.99. The molecular weight excluding hydrogens is 1160 g/mol. The van der Waals surface area contributed by atoms with Crippen LogP contribution < -0.4 is 16.0 Å². The summed E-state index contributed by atoms with van der Waals surface area (Å²) in [7, 11) is -16.1. The number of hydrogen-bond donors (Lipinski definition) is 9. The van der Waals surface area contributed by atoms with Gasteiger partial charge in [-0.2, -0.15) is 0 Å². The Morgan fingerprint density at radius 3 is 1.41 bits per heavy atom. The largest absolute Gasteiger partial charge is 0.472 e. The standard InChI is InChI=1S/C58H56N7O17P3/c1-32(41(30-78-83(71,72)73)50(67)28-59-56(68)51-35-16-4-10-22-42(35)60-43-23-11-5-17-36(43)51)80-84(74,75)79-31-49(65-58(70)53-39-20-8-14-26-46(39)62-54-40-21-9-15-27-47(40)63-55(53)54)34(3)82-85(76,77)81-33(2)48(29-66)64-57(69)52-37-18-6-12-24-44(37)61-45-25-13-7-19-38(45)52/h4-27,32-34,41,48-49,63,66H,28-31H2,1-3H3,(H,59,68)(H,64,69)(H,65,70)(H,74,75)(H,76,77)(H2,71,72,73). The number of benzene rings is 6. The van der Waals surface area contributed by atoms with E-state index >= 15 is 0 Å². The summed E-state index contributed by atoms with van der Waals surface area (Å²) < 4.78 is 66.8. The van der Waals surface area contributed by atoms with E-state index in [1.54, 1.807) is 146 Å². The maximum atomic E-state index is 14.9. The third-order valence-corrected chi connectivity index (χ3v) is 17.1. The van der Waals surface area contributed by atoms with Crippen molar-refractivity contribution in [3.8, 4) is 0 Å². The molecule has 0 fully saturated rings. The molecule has 24 nitrogen and oxygen atoms in total. The number of carbonyl (C=O) groups excluding carboxylic acids is 4. The van der Waals surface area contributed by atoms with Crippen molar-refractivity contribution >= 4 is 123 Å². The minimum Gasteiger partial charge on any atom is -0.394 e. The van der Waals surface area contributed by atoms with Crippen LogP contribution in [0.25, 0.3) is 76.5 Å². The number of ketones is 1. The Morgan fingerprint density at radius 2 is 0.906 bits per heavy atom. The van der Waals surface area contributed by atoms with E-state index in [4.69, 9.17) is 23.1 Å². The van der Waals surface area contributed by atoms with Crippen LogP contribution in [0.15, 0.2) is 146 Å². The van der Waals surface area contributed by atoms with Crippen LogP contribution in [0.1, 0.15) is 51.8 Å². The van der Waals surface area contributed by atoms with Crippen molar-refractivity contribution in [2.24, 2.45) is 5.92 Å². The zero-order valence-corrected chi connectivity index (χ0v) is 48.2. The first kappa shape index (κ1) is 60.4. The highest BCUT2D eigenvalue weighted by Gasteiger charge is 2.39. The van der Waals surface area contributed by atoms with E-state index < -0.39 is 110 Å². The molecule has 0 aliphatic heterocycles. The lowest BCUT2D eigenvalue weighted by Gasteiger charge is -2.30. The average molecular weight is 1220 g/mol. The average Bonchev–Trinajstić information content (AvgIpc) is 3.92. The van der Waals surface area contributed by atoms with Gasteiger partial charge in [0, 0.05) is 37.8 Å². The molecule has 0 bridgehead atoms. The smallest absolute Gasteiger partial charge is 0.394 e. The van der Waals surface area contributed by atoms with E-state index in [2.05, 4.69) is 35.4 Å². The maximum Gasteiger partial charge on any atom is 0.472 e. The molecule has 10 aromatic rings. The lowest BCUT2D eigenvalue weighted by Crippen LogP contribution is -2.47. The zero-order valence-electron chi connectivity index (χ0n) is 45.5. The molecule has 0 aliphatic rings. The number of aromatic nitrogens is 4. The number of pyridine rings is 3. The van der Waals surface area contributed by atoms with Gasteiger partial charge >= 0.3 is 23.5 Å². The number of carbonyl (C=O) groups is 4. The van der Waals surface area contributed by atoms with Gasteiger partial charge in [0.05, 0.1) is 118 Å². The summed E-state index contributed by atoms with van der Waals surface area (Å²) in [4.78, 5) is 116. The van der Waals surface area contributed by atoms with Gasteiger partial charge in [-0.05, 0) is 57.2 Å². The fourth-order valence-electron chi connectivity index (χ4n) is 10.1. The SMILES string of the molecule is CC(OP(=O)(O)OC(C)C(COP(=O)(O)OC(C)C(COP(=O)(O)O)C(=O)CNC(=O)c1c2ccccc2nc2ccccc12)NC(=O)c1c2ccccc2nc2c1[nH]c1ccccc12)C(CO)NC(=O)c1c2ccccc2nc2ccccc12. The van der Waals surface area contributed by atoms with E-state index in [9.17, 15) is 57.6 Å². The van der Waals surface area contributed by atoms with E-state index in [1.165, 1.54) is 13.8 Å². The second kappa shape index (κ2) is 25.1. The van der Waals surface area contributed by atoms with Crippen LogP contribution in [0, 0.1) is 5.92 Å². The molecule has 8 atom stereocenters. The molecular formula is C58H56N7O17P3. The number of phosphoric ester groups is 3. The number of phosphoric acid groups is 3. The van der Waals surface area contributed by atoms with Gasteiger partial charge in [-0.25, -0.2) is 28.6 Å². The Hall–Kier alpha value is -7.76. The summed E-state index contributed by atoms with van der Waals surface area (Å²) in [5.41, 5.74) is 4.19. The van der Waals surface area contributed by atoms with Crippen molar-refractivity contribution < 1.29 is 80.2 Å². The molecule has 85 heavy (non-hydrogen) atoms. The highest BCUT2D eigenvalue weighted by atomic mass is 31.2. The van der Waals surface area contributed by atoms with Gasteiger partial charge < -0.3 is 45.6 Å². The van der Waals surface area contributed by atoms with Crippen molar-refractivity contribution in [3.63, 3.8) is 0 Å². The Morgan fingerprint density at radius 1 is 0.494 bits per heavy atom. The number of fused-ring (bicyclic) bond motifs is 8. The first-order valence-electron chi connectivity index (χ1n) is 26.5. The number of Topliss-reactive ketones (excluding diaryl/α,β-unsaturated/α-hetero) is 1. The quantitative estimate of drug-likeness (QED) is 0.0203. The molecule has 0 aliphatic carbocycles. The summed E-state index contributed by atoms with van der Waals surface area (Å²) in [6.07, 6.45) is -4.87.